The van der Waals surface area contributed by atoms with Crippen molar-refractivity contribution in [3.05, 3.63) is 23.8 Å². The van der Waals surface area contributed by atoms with E-state index in [4.69, 9.17) is 11.6 Å². The maximum absolute atomic E-state index is 11.4. The topological polar surface area (TPSA) is 42.9 Å². The van der Waals surface area contributed by atoms with Crippen LogP contribution in [0.5, 0.6) is 0 Å². The maximum Gasteiger partial charge on any atom is 0.220 e. The van der Waals surface area contributed by atoms with Crippen LogP contribution in [-0.4, -0.2) is 59.0 Å². The highest BCUT2D eigenvalue weighted by atomic mass is 35.5. The Morgan fingerprint density at radius 3 is 2.52 bits per heavy atom. The molecule has 8 heteroatoms. The van der Waals surface area contributed by atoms with Crippen LogP contribution in [0.25, 0.3) is 10.2 Å². The average molecular weight is 368 g/mol. The molecule has 0 fully saturated rings. The molecule has 2 rings (SSSR count). The van der Waals surface area contributed by atoms with E-state index >= 15 is 0 Å². The van der Waals surface area contributed by atoms with Crippen molar-refractivity contribution in [2.24, 2.45) is 0 Å². The van der Waals surface area contributed by atoms with E-state index in [2.05, 4.69) is 30.7 Å². The van der Waals surface area contributed by atoms with Gasteiger partial charge in [-0.15, -0.1) is 16.7 Å². The fourth-order valence-corrected chi connectivity index (χ4v) is 2.96. The Labute approximate surface area is 145 Å². The van der Waals surface area contributed by atoms with Gasteiger partial charge in [-0.3, -0.25) is 4.79 Å². The van der Waals surface area contributed by atoms with Gasteiger partial charge < -0.3 is 16.9 Å². The summed E-state index contributed by atoms with van der Waals surface area (Å²) in [5, 5.41) is 3.97. The van der Waals surface area contributed by atoms with Crippen LogP contribution in [0.4, 0.5) is 0 Å². The minimum absolute atomic E-state index is 0. The number of carbonyl (C=O) groups is 1. The third-order valence-corrected chi connectivity index (χ3v) is 3.97. The van der Waals surface area contributed by atoms with E-state index in [1.807, 2.05) is 12.1 Å². The van der Waals surface area contributed by atoms with E-state index in [1.54, 1.807) is 12.3 Å². The molecule has 118 valence electrons. The number of hydrogen-bond acceptors (Lipinski definition) is 5. The van der Waals surface area contributed by atoms with Crippen LogP contribution in [0.2, 0.25) is 0 Å². The smallest absolute Gasteiger partial charge is 0.220 e. The van der Waals surface area contributed by atoms with Crippen molar-refractivity contribution in [2.45, 2.75) is 0 Å². The van der Waals surface area contributed by atoms with Gasteiger partial charge in [0.15, 0.2) is 0 Å². The predicted molar refractivity (Wildman–Crippen MR) is 88.9 cm³/mol. The average Bonchev–Trinajstić information content (AvgIpc) is 2.85. The van der Waals surface area contributed by atoms with Gasteiger partial charge in [0, 0.05) is 5.56 Å². The summed E-state index contributed by atoms with van der Waals surface area (Å²) in [6.45, 7) is 1.04. The van der Waals surface area contributed by atoms with Crippen molar-refractivity contribution < 1.29 is 21.7 Å². The van der Waals surface area contributed by atoms with Crippen molar-refractivity contribution in [2.75, 3.05) is 39.8 Å². The Hall–Kier alpha value is -0.400. The zero-order valence-corrected chi connectivity index (χ0v) is 15.6. The van der Waals surface area contributed by atoms with Crippen molar-refractivity contribution in [3.8, 4) is 0 Å². The fraction of sp³-hybridized carbons (Fsp3) is 0.462. The molecular formula is C13H19Cl2N3OS2. The van der Waals surface area contributed by atoms with Crippen LogP contribution in [0.1, 0.15) is 10.4 Å². The molecule has 0 atom stereocenters. The molecule has 2 aromatic rings. The molecule has 0 bridgehead atoms. The molecule has 0 saturated carbocycles. The van der Waals surface area contributed by atoms with E-state index in [0.717, 1.165) is 27.1 Å². The number of rotatable bonds is 3. The zero-order chi connectivity index (χ0) is 15.2. The summed E-state index contributed by atoms with van der Waals surface area (Å²) in [5.74, 6) is 0.753. The van der Waals surface area contributed by atoms with Crippen molar-refractivity contribution in [3.63, 3.8) is 0 Å². The highest BCUT2D eigenvalue weighted by molar-refractivity contribution is 8.13. The van der Waals surface area contributed by atoms with Gasteiger partial charge in [-0.05, 0) is 29.9 Å². The van der Waals surface area contributed by atoms with E-state index in [1.165, 1.54) is 23.3 Å². The lowest BCUT2D eigenvalue weighted by atomic mass is 10.2. The maximum atomic E-state index is 11.4. The zero-order valence-electron chi connectivity index (χ0n) is 12.5. The van der Waals surface area contributed by atoms with Crippen molar-refractivity contribution >= 4 is 50.2 Å². The summed E-state index contributed by atoms with van der Waals surface area (Å²) in [5.41, 5.74) is 1.50. The second-order valence-electron chi connectivity index (χ2n) is 5.12. The highest BCUT2D eigenvalue weighted by Gasteiger charge is 2.10. The molecule has 1 aromatic heterocycles. The molecule has 0 unspecified atom stereocenters. The van der Waals surface area contributed by atoms with E-state index < -0.39 is 0 Å². The number of nitrogens with zero attached hydrogens (tertiary/aromatic N) is 3. The number of halogens is 2. The number of carbonyl (C=O) groups excluding carboxylic acids is 1. The number of fused-ring (bicyclic) bond motifs is 1. The van der Waals surface area contributed by atoms with E-state index in [-0.39, 0.29) is 17.5 Å². The molecule has 21 heavy (non-hydrogen) atoms. The Morgan fingerprint density at radius 1 is 1.38 bits per heavy atom. The van der Waals surface area contributed by atoms with E-state index in [0.29, 0.717) is 5.56 Å². The van der Waals surface area contributed by atoms with Crippen LogP contribution < -0.4 is 12.4 Å². The number of aromatic nitrogens is 2. The molecule has 0 amide bonds. The summed E-state index contributed by atoms with van der Waals surface area (Å²) in [7, 11) is 6.38. The summed E-state index contributed by atoms with van der Waals surface area (Å²) in [4.78, 5) is 11.4. The molecule has 0 aliphatic carbocycles. The van der Waals surface area contributed by atoms with Crippen LogP contribution in [0.15, 0.2) is 18.2 Å². The monoisotopic (exact) mass is 367 g/mol. The molecule has 0 aliphatic rings. The molecule has 0 N–H and O–H groups in total. The first kappa shape index (κ1) is 20.6. The summed E-state index contributed by atoms with van der Waals surface area (Å²) in [6, 6.07) is 5.49. The number of thioether (sulfide) groups is 1. The van der Waals surface area contributed by atoms with Gasteiger partial charge in [-0.2, -0.15) is 0 Å². The first-order chi connectivity index (χ1) is 9.39. The Bertz CT molecular complexity index is 570. The van der Waals surface area contributed by atoms with Gasteiger partial charge >= 0.3 is 0 Å². The molecule has 0 saturated heterocycles. The van der Waals surface area contributed by atoms with Crippen molar-refractivity contribution in [1.29, 1.82) is 0 Å². The second kappa shape index (κ2) is 9.58. The second-order valence-corrected chi connectivity index (χ2v) is 7.03. The third kappa shape index (κ3) is 6.93. The van der Waals surface area contributed by atoms with Crippen LogP contribution in [0.3, 0.4) is 0 Å². The number of alkyl halides is 1. The Balaban J connectivity index is 0.000000436. The quantitative estimate of drug-likeness (QED) is 0.571. The Kier molecular flexibility index (Phi) is 9.40. The minimum Gasteiger partial charge on any atom is -1.00 e. The fourth-order valence-electron chi connectivity index (χ4n) is 1.33. The molecule has 0 spiro atoms. The number of quaternary nitrogens is 1. The normalized spacial score (nSPS) is 10.5. The molecule has 0 radical (unpaired) electrons. The standard InChI is InChI=1S/C8H6N2OS2.C5H13ClN.ClH/c1-12-8(11)5-3-2-4-6-7(5)13-10-9-6;1-7(2,3)5-4-6;/h2-4H,1H3;4-5H2,1-3H3;1H/q;+1;/p-1. The summed E-state index contributed by atoms with van der Waals surface area (Å²) < 4.78 is 5.65. The molecule has 4 nitrogen and oxygen atoms in total. The summed E-state index contributed by atoms with van der Waals surface area (Å²) in [6.07, 6.45) is 1.77. The first-order valence-electron chi connectivity index (χ1n) is 6.05. The molecular weight excluding hydrogens is 349 g/mol. The minimum atomic E-state index is 0. The lowest BCUT2D eigenvalue weighted by Gasteiger charge is -2.21. The highest BCUT2D eigenvalue weighted by Crippen LogP contribution is 2.23. The number of hydrogen-bond donors (Lipinski definition) is 0. The van der Waals surface area contributed by atoms with Crippen LogP contribution in [0, 0.1) is 0 Å². The predicted octanol–water partition coefficient (Wildman–Crippen LogP) is 0.130. The lowest BCUT2D eigenvalue weighted by Crippen LogP contribution is -3.00. The van der Waals surface area contributed by atoms with Gasteiger partial charge in [0.05, 0.1) is 38.3 Å². The summed E-state index contributed by atoms with van der Waals surface area (Å²) >= 11 is 7.94. The molecule has 0 aliphatic heterocycles. The SMILES string of the molecule is CSC(=O)c1cccc2nnsc12.C[N+](C)(C)CCCl.[Cl-]. The third-order valence-electron chi connectivity index (χ3n) is 2.44. The van der Waals surface area contributed by atoms with Gasteiger partial charge in [0.1, 0.15) is 5.52 Å². The van der Waals surface area contributed by atoms with Gasteiger partial charge in [0.2, 0.25) is 5.12 Å². The molecule has 1 heterocycles. The Morgan fingerprint density at radius 2 is 2.05 bits per heavy atom. The van der Waals surface area contributed by atoms with Gasteiger partial charge in [-0.1, -0.05) is 22.3 Å². The number of benzene rings is 1. The first-order valence-corrected chi connectivity index (χ1v) is 8.58. The lowest BCUT2D eigenvalue weighted by molar-refractivity contribution is -0.867. The largest absolute Gasteiger partial charge is 1.00 e. The van der Waals surface area contributed by atoms with Crippen molar-refractivity contribution in [1.82, 2.24) is 9.59 Å². The van der Waals surface area contributed by atoms with Gasteiger partial charge in [0.25, 0.3) is 0 Å². The van der Waals surface area contributed by atoms with E-state index in [9.17, 15) is 4.79 Å². The van der Waals surface area contributed by atoms with Gasteiger partial charge in [-0.25, -0.2) is 0 Å². The van der Waals surface area contributed by atoms with Crippen LogP contribution >= 0.6 is 34.9 Å². The van der Waals surface area contributed by atoms with Crippen LogP contribution in [-0.2, 0) is 0 Å². The molecule has 1 aromatic carbocycles.